The summed E-state index contributed by atoms with van der Waals surface area (Å²) in [4.78, 5) is 37.6. The maximum atomic E-state index is 12.9. The number of hydrogen-bond acceptors (Lipinski definition) is 8. The van der Waals surface area contributed by atoms with E-state index in [9.17, 15) is 22.8 Å². The largest absolute Gasteiger partial charge is 0.482 e. The van der Waals surface area contributed by atoms with E-state index in [4.69, 9.17) is 13.9 Å². The number of furan rings is 1. The predicted octanol–water partition coefficient (Wildman–Crippen LogP) is 0.934. The third-order valence-electron chi connectivity index (χ3n) is 5.04. The Labute approximate surface area is 183 Å². The molecule has 2 aliphatic heterocycles. The second kappa shape index (κ2) is 8.63. The van der Waals surface area contributed by atoms with Crippen LogP contribution in [-0.4, -0.2) is 74.8 Å². The Morgan fingerprint density at radius 1 is 1.12 bits per heavy atom. The number of carbonyl (C=O) groups is 3. The molecule has 0 atom stereocenters. The number of nitrogens with zero attached hydrogens (tertiary/aromatic N) is 2. The van der Waals surface area contributed by atoms with E-state index in [0.29, 0.717) is 17.0 Å². The van der Waals surface area contributed by atoms with Crippen LogP contribution in [0.3, 0.4) is 0 Å². The minimum Gasteiger partial charge on any atom is -0.482 e. The van der Waals surface area contributed by atoms with Gasteiger partial charge in [-0.15, -0.1) is 0 Å². The number of amides is 2. The van der Waals surface area contributed by atoms with Gasteiger partial charge in [-0.3, -0.25) is 9.59 Å². The molecule has 32 heavy (non-hydrogen) atoms. The van der Waals surface area contributed by atoms with Gasteiger partial charge in [-0.05, 0) is 37.3 Å². The number of fused-ring (bicyclic) bond motifs is 1. The van der Waals surface area contributed by atoms with Crippen LogP contribution < -0.4 is 10.1 Å². The predicted molar refractivity (Wildman–Crippen MR) is 110 cm³/mol. The van der Waals surface area contributed by atoms with Gasteiger partial charge in [0.05, 0.1) is 12.3 Å². The highest BCUT2D eigenvalue weighted by molar-refractivity contribution is 7.89. The minimum absolute atomic E-state index is 0.0638. The zero-order valence-electron chi connectivity index (χ0n) is 17.2. The number of hydrogen-bond donors (Lipinski definition) is 1. The van der Waals surface area contributed by atoms with Gasteiger partial charge in [0.2, 0.25) is 10.9 Å². The maximum absolute atomic E-state index is 12.9. The van der Waals surface area contributed by atoms with E-state index in [1.165, 1.54) is 27.4 Å². The van der Waals surface area contributed by atoms with Crippen LogP contribution in [0.4, 0.5) is 5.69 Å². The lowest BCUT2D eigenvalue weighted by Gasteiger charge is -2.33. The molecule has 2 aromatic rings. The minimum atomic E-state index is -3.96. The Bertz CT molecular complexity index is 1170. The van der Waals surface area contributed by atoms with Gasteiger partial charge in [-0.1, -0.05) is 0 Å². The molecule has 0 bridgehead atoms. The second-order valence-electron chi connectivity index (χ2n) is 7.08. The summed E-state index contributed by atoms with van der Waals surface area (Å²) in [7, 11) is -3.96. The monoisotopic (exact) mass is 463 g/mol. The number of anilines is 1. The number of esters is 1. The van der Waals surface area contributed by atoms with E-state index in [1.54, 1.807) is 19.1 Å². The van der Waals surface area contributed by atoms with Crippen LogP contribution >= 0.6 is 0 Å². The fourth-order valence-corrected chi connectivity index (χ4v) is 4.76. The zero-order chi connectivity index (χ0) is 22.9. The summed E-state index contributed by atoms with van der Waals surface area (Å²) in [6.07, 6.45) is 0. The quantitative estimate of drug-likeness (QED) is 0.647. The molecule has 11 nitrogen and oxygen atoms in total. The van der Waals surface area contributed by atoms with E-state index < -0.39 is 16.0 Å². The maximum Gasteiger partial charge on any atom is 0.374 e. The molecule has 12 heteroatoms. The molecule has 1 N–H and O–H groups in total. The topological polar surface area (TPSA) is 135 Å². The van der Waals surface area contributed by atoms with Gasteiger partial charge in [0.1, 0.15) is 5.75 Å². The number of carbonyl (C=O) groups excluding carboxylic acids is 3. The Balaban J connectivity index is 1.41. The van der Waals surface area contributed by atoms with Crippen molar-refractivity contribution in [1.29, 1.82) is 0 Å². The van der Waals surface area contributed by atoms with E-state index in [0.717, 1.165) is 0 Å². The van der Waals surface area contributed by atoms with Gasteiger partial charge < -0.3 is 24.1 Å². The second-order valence-corrected chi connectivity index (χ2v) is 8.95. The van der Waals surface area contributed by atoms with Gasteiger partial charge in [0.25, 0.3) is 21.8 Å². The first-order valence-corrected chi connectivity index (χ1v) is 11.4. The molecule has 2 aliphatic rings. The van der Waals surface area contributed by atoms with Crippen LogP contribution in [0.25, 0.3) is 0 Å². The first-order valence-electron chi connectivity index (χ1n) is 9.92. The molecule has 0 unspecified atom stereocenters. The van der Waals surface area contributed by atoms with Crippen molar-refractivity contribution in [3.8, 4) is 5.75 Å². The fraction of sp³-hybridized carbons (Fsp3) is 0.350. The molecule has 0 aliphatic carbocycles. The van der Waals surface area contributed by atoms with Crippen LogP contribution in [0, 0.1) is 0 Å². The lowest BCUT2D eigenvalue weighted by atomic mass is 10.1. The highest BCUT2D eigenvalue weighted by Crippen LogP contribution is 2.29. The highest BCUT2D eigenvalue weighted by Gasteiger charge is 2.33. The van der Waals surface area contributed by atoms with Gasteiger partial charge in [0, 0.05) is 31.7 Å². The van der Waals surface area contributed by atoms with Gasteiger partial charge in [-0.25, -0.2) is 13.2 Å². The van der Waals surface area contributed by atoms with Crippen molar-refractivity contribution in [3.63, 3.8) is 0 Å². The van der Waals surface area contributed by atoms with E-state index in [-0.39, 0.29) is 62.1 Å². The number of benzene rings is 1. The molecule has 1 aromatic heterocycles. The molecule has 1 saturated heterocycles. The summed E-state index contributed by atoms with van der Waals surface area (Å²) >= 11 is 0. The molecule has 0 spiro atoms. The molecule has 0 radical (unpaired) electrons. The van der Waals surface area contributed by atoms with Gasteiger partial charge >= 0.3 is 5.97 Å². The summed E-state index contributed by atoms with van der Waals surface area (Å²) in [5.41, 5.74) is 0.777. The molecular formula is C20H21N3O8S. The van der Waals surface area contributed by atoms with Crippen molar-refractivity contribution in [2.45, 2.75) is 12.0 Å². The number of sulfonamides is 1. The lowest BCUT2D eigenvalue weighted by Crippen LogP contribution is -2.50. The average molecular weight is 463 g/mol. The van der Waals surface area contributed by atoms with Crippen LogP contribution in [0.1, 0.15) is 27.8 Å². The standard InChI is InChI=1S/C20H21N3O8S/c1-2-29-20(26)16-5-6-18(31-16)32(27,28)23-9-7-22(8-10-23)19(25)13-3-4-15-14(11-13)21-17(24)12-30-15/h3-6,11H,2,7-10,12H2,1H3,(H,21,24). The Morgan fingerprint density at radius 3 is 2.59 bits per heavy atom. The highest BCUT2D eigenvalue weighted by atomic mass is 32.2. The number of ether oxygens (including phenoxy) is 2. The van der Waals surface area contributed by atoms with E-state index in [2.05, 4.69) is 5.32 Å². The van der Waals surface area contributed by atoms with Crippen molar-refractivity contribution in [3.05, 3.63) is 41.7 Å². The smallest absolute Gasteiger partial charge is 0.374 e. The van der Waals surface area contributed by atoms with Crippen LogP contribution in [0.15, 0.2) is 39.8 Å². The normalized spacial score (nSPS) is 16.7. The van der Waals surface area contributed by atoms with Crippen LogP contribution in [0.2, 0.25) is 0 Å². The van der Waals surface area contributed by atoms with Crippen molar-refractivity contribution >= 4 is 33.5 Å². The van der Waals surface area contributed by atoms with Crippen molar-refractivity contribution < 1.29 is 36.7 Å². The molecular weight excluding hydrogens is 442 g/mol. The molecule has 2 amide bonds. The SMILES string of the molecule is CCOC(=O)c1ccc(S(=O)(=O)N2CCN(C(=O)c3ccc4c(c3)NC(=O)CO4)CC2)o1. The van der Waals surface area contributed by atoms with Crippen LogP contribution in [0.5, 0.6) is 5.75 Å². The Morgan fingerprint density at radius 2 is 1.88 bits per heavy atom. The molecule has 1 aromatic carbocycles. The summed E-state index contributed by atoms with van der Waals surface area (Å²) < 4.78 is 42.2. The Hall–Kier alpha value is -3.38. The summed E-state index contributed by atoms with van der Waals surface area (Å²) in [6.45, 7) is 2.16. The number of nitrogens with one attached hydrogen (secondary N) is 1. The zero-order valence-corrected chi connectivity index (χ0v) is 18.0. The summed E-state index contributed by atoms with van der Waals surface area (Å²) in [5, 5.41) is 2.30. The van der Waals surface area contributed by atoms with Gasteiger partial charge in [0.15, 0.2) is 6.61 Å². The summed E-state index contributed by atoms with van der Waals surface area (Å²) in [5.74, 6) is -1.03. The van der Waals surface area contributed by atoms with Crippen molar-refractivity contribution in [2.75, 3.05) is 44.7 Å². The van der Waals surface area contributed by atoms with Crippen LogP contribution in [-0.2, 0) is 19.6 Å². The van der Waals surface area contributed by atoms with Crippen molar-refractivity contribution in [2.24, 2.45) is 0 Å². The lowest BCUT2D eigenvalue weighted by molar-refractivity contribution is -0.118. The number of piperazine rings is 1. The molecule has 1 fully saturated rings. The fourth-order valence-electron chi connectivity index (χ4n) is 3.43. The average Bonchev–Trinajstić information content (AvgIpc) is 3.30. The molecule has 170 valence electrons. The van der Waals surface area contributed by atoms with E-state index in [1.807, 2.05) is 0 Å². The third-order valence-corrected chi connectivity index (χ3v) is 6.81. The first-order chi connectivity index (χ1) is 15.3. The molecule has 0 saturated carbocycles. The third kappa shape index (κ3) is 4.18. The molecule has 4 rings (SSSR count). The summed E-state index contributed by atoms with van der Waals surface area (Å²) in [6, 6.07) is 7.21. The molecule has 3 heterocycles. The first kappa shape index (κ1) is 21.8. The van der Waals surface area contributed by atoms with E-state index >= 15 is 0 Å². The van der Waals surface area contributed by atoms with Crippen molar-refractivity contribution in [1.82, 2.24) is 9.21 Å². The van der Waals surface area contributed by atoms with Gasteiger partial charge in [-0.2, -0.15) is 4.31 Å². The Kier molecular flexibility index (Phi) is 5.89. The number of rotatable bonds is 5.